The summed E-state index contributed by atoms with van der Waals surface area (Å²) in [5.41, 5.74) is 0.742. The minimum absolute atomic E-state index is 0.0194. The van der Waals surface area contributed by atoms with Gasteiger partial charge in [0.25, 0.3) is 5.56 Å². The Bertz CT molecular complexity index is 767. The van der Waals surface area contributed by atoms with Gasteiger partial charge in [-0.05, 0) is 18.8 Å². The first-order chi connectivity index (χ1) is 13.0. The van der Waals surface area contributed by atoms with Crippen LogP contribution in [0, 0.1) is 11.8 Å². The first kappa shape index (κ1) is 19.1. The number of aryl methyl sites for hydroxylation is 1. The fraction of sp³-hybridized carbons (Fsp3) is 0.579. The van der Waals surface area contributed by atoms with Crippen LogP contribution < -0.4 is 15.8 Å². The van der Waals surface area contributed by atoms with Crippen molar-refractivity contribution in [2.45, 2.75) is 19.3 Å². The number of carbonyl (C=O) groups is 2. The summed E-state index contributed by atoms with van der Waals surface area (Å²) in [5.74, 6) is 0.134. The van der Waals surface area contributed by atoms with Crippen molar-refractivity contribution >= 4 is 17.5 Å². The molecule has 8 heteroatoms. The first-order valence-electron chi connectivity index (χ1n) is 9.42. The Morgan fingerprint density at radius 3 is 2.78 bits per heavy atom. The van der Waals surface area contributed by atoms with Crippen LogP contribution in [0.25, 0.3) is 0 Å². The first-order valence-corrected chi connectivity index (χ1v) is 9.42. The van der Waals surface area contributed by atoms with Crippen LogP contribution in [0.2, 0.25) is 0 Å². The molecular formula is C19H27N5O3. The molecule has 2 aliphatic rings. The maximum absolute atomic E-state index is 12.4. The van der Waals surface area contributed by atoms with Crippen LogP contribution in [0.5, 0.6) is 0 Å². The number of nitrogens with zero attached hydrogens (tertiary/aromatic N) is 4. The average molecular weight is 373 g/mol. The van der Waals surface area contributed by atoms with Gasteiger partial charge in [0, 0.05) is 52.3 Å². The quantitative estimate of drug-likeness (QED) is 0.717. The predicted octanol–water partition coefficient (Wildman–Crippen LogP) is 0.147. The molecule has 2 amide bonds. The third-order valence-corrected chi connectivity index (χ3v) is 5.43. The van der Waals surface area contributed by atoms with Crippen molar-refractivity contribution in [1.82, 2.24) is 20.0 Å². The number of nitrogens with one attached hydrogen (secondary N) is 1. The van der Waals surface area contributed by atoms with E-state index < -0.39 is 0 Å². The maximum Gasteiger partial charge on any atom is 0.268 e. The Morgan fingerprint density at radius 1 is 1.37 bits per heavy atom. The lowest BCUT2D eigenvalue weighted by atomic mass is 9.96. The molecule has 0 radical (unpaired) electrons. The molecule has 1 N–H and O–H groups in total. The van der Waals surface area contributed by atoms with Gasteiger partial charge < -0.3 is 15.1 Å². The molecule has 2 saturated heterocycles. The standard InChI is InChI=1S/C19H27N5O3/c1-3-6-24-13-15(9-18(24)26)19(27)20-11-14-4-7-23(8-5-14)16-10-17(25)22(2)21-12-16/h3,10,12,14-15H,1,4-9,11,13H2,2H3,(H,20,27)/t15-/m1/s1. The largest absolute Gasteiger partial charge is 0.370 e. The van der Waals surface area contributed by atoms with E-state index in [1.54, 1.807) is 30.3 Å². The maximum atomic E-state index is 12.4. The number of anilines is 1. The number of hydrogen-bond donors (Lipinski definition) is 1. The highest BCUT2D eigenvalue weighted by atomic mass is 16.2. The minimum Gasteiger partial charge on any atom is -0.370 e. The highest BCUT2D eigenvalue weighted by Crippen LogP contribution is 2.22. The summed E-state index contributed by atoms with van der Waals surface area (Å²) in [7, 11) is 1.63. The van der Waals surface area contributed by atoms with E-state index in [1.807, 2.05) is 0 Å². The van der Waals surface area contributed by atoms with Crippen molar-refractivity contribution in [2.24, 2.45) is 18.9 Å². The van der Waals surface area contributed by atoms with E-state index in [1.165, 1.54) is 4.68 Å². The van der Waals surface area contributed by atoms with Crippen molar-refractivity contribution in [3.05, 3.63) is 35.3 Å². The van der Waals surface area contributed by atoms with E-state index in [2.05, 4.69) is 21.9 Å². The van der Waals surface area contributed by atoms with E-state index in [0.29, 0.717) is 25.6 Å². The van der Waals surface area contributed by atoms with Crippen molar-refractivity contribution in [3.8, 4) is 0 Å². The van der Waals surface area contributed by atoms with Gasteiger partial charge in [0.05, 0.1) is 17.8 Å². The van der Waals surface area contributed by atoms with Gasteiger partial charge in [0.15, 0.2) is 0 Å². The zero-order valence-corrected chi connectivity index (χ0v) is 15.8. The molecule has 2 fully saturated rings. The molecule has 3 rings (SSSR count). The van der Waals surface area contributed by atoms with E-state index in [0.717, 1.165) is 31.6 Å². The summed E-state index contributed by atoms with van der Waals surface area (Å²) in [6.45, 7) is 6.93. The van der Waals surface area contributed by atoms with Gasteiger partial charge in [-0.25, -0.2) is 4.68 Å². The fourth-order valence-corrected chi connectivity index (χ4v) is 3.70. The lowest BCUT2D eigenvalue weighted by Crippen LogP contribution is -2.41. The van der Waals surface area contributed by atoms with Gasteiger partial charge in [-0.1, -0.05) is 6.08 Å². The van der Waals surface area contributed by atoms with E-state index in [-0.39, 0.29) is 29.7 Å². The van der Waals surface area contributed by atoms with Crippen LogP contribution in [0.3, 0.4) is 0 Å². The number of amides is 2. The monoisotopic (exact) mass is 373 g/mol. The molecule has 0 spiro atoms. The summed E-state index contributed by atoms with van der Waals surface area (Å²) in [4.78, 5) is 39.8. The van der Waals surface area contributed by atoms with Gasteiger partial charge in [-0.15, -0.1) is 6.58 Å². The summed E-state index contributed by atoms with van der Waals surface area (Å²) in [6.07, 6.45) is 5.58. The highest BCUT2D eigenvalue weighted by Gasteiger charge is 2.33. The van der Waals surface area contributed by atoms with Crippen LogP contribution in [0.1, 0.15) is 19.3 Å². The molecule has 146 valence electrons. The zero-order valence-electron chi connectivity index (χ0n) is 15.8. The van der Waals surface area contributed by atoms with Gasteiger partial charge in [0.1, 0.15) is 0 Å². The van der Waals surface area contributed by atoms with Gasteiger partial charge in [-0.3, -0.25) is 14.4 Å². The number of hydrogen-bond acceptors (Lipinski definition) is 5. The van der Waals surface area contributed by atoms with Crippen LogP contribution in [0.4, 0.5) is 5.69 Å². The van der Waals surface area contributed by atoms with E-state index in [9.17, 15) is 14.4 Å². The van der Waals surface area contributed by atoms with Crippen molar-refractivity contribution in [2.75, 3.05) is 37.6 Å². The molecular weight excluding hydrogens is 346 g/mol. The zero-order chi connectivity index (χ0) is 19.4. The lowest BCUT2D eigenvalue weighted by Gasteiger charge is -2.33. The van der Waals surface area contributed by atoms with Crippen molar-refractivity contribution in [1.29, 1.82) is 0 Å². The normalized spacial score (nSPS) is 20.8. The van der Waals surface area contributed by atoms with Crippen LogP contribution >= 0.6 is 0 Å². The van der Waals surface area contributed by atoms with E-state index >= 15 is 0 Å². The molecule has 0 aliphatic carbocycles. The number of aromatic nitrogens is 2. The fourth-order valence-electron chi connectivity index (χ4n) is 3.70. The molecule has 3 heterocycles. The molecule has 0 saturated carbocycles. The highest BCUT2D eigenvalue weighted by molar-refractivity contribution is 5.89. The number of rotatable bonds is 6. The van der Waals surface area contributed by atoms with Crippen LogP contribution in [0.15, 0.2) is 29.7 Å². The third-order valence-electron chi connectivity index (χ3n) is 5.43. The summed E-state index contributed by atoms with van der Waals surface area (Å²) < 4.78 is 1.32. The second kappa shape index (κ2) is 8.37. The molecule has 27 heavy (non-hydrogen) atoms. The lowest BCUT2D eigenvalue weighted by molar-refractivity contribution is -0.128. The molecule has 0 unspecified atom stereocenters. The Morgan fingerprint density at radius 2 is 2.11 bits per heavy atom. The van der Waals surface area contributed by atoms with Crippen molar-refractivity contribution < 1.29 is 9.59 Å². The Labute approximate surface area is 158 Å². The van der Waals surface area contributed by atoms with Crippen LogP contribution in [-0.2, 0) is 16.6 Å². The molecule has 1 atom stereocenters. The summed E-state index contributed by atoms with van der Waals surface area (Å²) in [6, 6.07) is 1.61. The summed E-state index contributed by atoms with van der Waals surface area (Å²) >= 11 is 0. The molecule has 1 aromatic heterocycles. The smallest absolute Gasteiger partial charge is 0.268 e. The second-order valence-electron chi connectivity index (χ2n) is 7.34. The van der Waals surface area contributed by atoms with Gasteiger partial charge >= 0.3 is 0 Å². The van der Waals surface area contributed by atoms with Gasteiger partial charge in [-0.2, -0.15) is 5.10 Å². The number of piperidine rings is 1. The third kappa shape index (κ3) is 4.56. The topological polar surface area (TPSA) is 87.5 Å². The van der Waals surface area contributed by atoms with Crippen molar-refractivity contribution in [3.63, 3.8) is 0 Å². The van der Waals surface area contributed by atoms with Crippen LogP contribution in [-0.4, -0.2) is 59.2 Å². The minimum atomic E-state index is -0.260. The molecule has 8 nitrogen and oxygen atoms in total. The van der Waals surface area contributed by atoms with E-state index in [4.69, 9.17) is 0 Å². The molecule has 0 aromatic carbocycles. The molecule has 1 aromatic rings. The Kier molecular flexibility index (Phi) is 5.93. The average Bonchev–Trinajstić information content (AvgIpc) is 3.03. The second-order valence-corrected chi connectivity index (χ2v) is 7.34. The van der Waals surface area contributed by atoms with Gasteiger partial charge in [0.2, 0.25) is 11.8 Å². The number of carbonyl (C=O) groups excluding carboxylic acids is 2. The predicted molar refractivity (Wildman–Crippen MR) is 102 cm³/mol. The Balaban J connectivity index is 1.43. The number of likely N-dealkylation sites (tertiary alicyclic amines) is 1. The molecule has 2 aliphatic heterocycles. The SMILES string of the molecule is C=CCN1C[C@H](C(=O)NCC2CCN(c3cnn(C)c(=O)c3)CC2)CC1=O. The molecule has 0 bridgehead atoms. The summed E-state index contributed by atoms with van der Waals surface area (Å²) in [5, 5.41) is 7.09. The Hall–Kier alpha value is -2.64.